The molecule has 0 saturated carbocycles. The first-order chi connectivity index (χ1) is 23.9. The fraction of sp³-hybridized carbons (Fsp3) is 0.189. The van der Waals surface area contributed by atoms with Gasteiger partial charge in [-0.2, -0.15) is 4.57 Å². The van der Waals surface area contributed by atoms with E-state index in [1.165, 1.54) is 12.4 Å². The van der Waals surface area contributed by atoms with E-state index in [1.807, 2.05) is 36.0 Å². The number of benzene rings is 4. The van der Waals surface area contributed by atoms with Crippen LogP contribution in [0.25, 0.3) is 32.4 Å². The summed E-state index contributed by atoms with van der Waals surface area (Å²) in [5.41, 5.74) is 14.8. The van der Waals surface area contributed by atoms with Gasteiger partial charge < -0.3 is 41.4 Å². The summed E-state index contributed by atoms with van der Waals surface area (Å²) in [7, 11) is 3.53. The van der Waals surface area contributed by atoms with Crippen LogP contribution < -0.4 is 40.9 Å². The molecule has 4 aromatic carbocycles. The number of aromatic nitrogens is 2. The summed E-state index contributed by atoms with van der Waals surface area (Å²) >= 11 is 0. The van der Waals surface area contributed by atoms with Gasteiger partial charge in [0.1, 0.15) is 7.05 Å². The highest BCUT2D eigenvalue weighted by Crippen LogP contribution is 2.41. The second-order valence-electron chi connectivity index (χ2n) is 11.6. The van der Waals surface area contributed by atoms with Gasteiger partial charge in [0, 0.05) is 60.9 Å². The number of nitrogens with one attached hydrogen (secondary N) is 2. The maximum absolute atomic E-state index is 13.0. The van der Waals surface area contributed by atoms with Crippen molar-refractivity contribution in [2.45, 2.75) is 0 Å². The highest BCUT2D eigenvalue weighted by atomic mass is 16.7. The van der Waals surface area contributed by atoms with Crippen LogP contribution in [0.1, 0.15) is 31.8 Å². The molecule has 8 rings (SSSR count). The molecular formula is C37H35N6O6+. The summed E-state index contributed by atoms with van der Waals surface area (Å²) in [5, 5.41) is 21.7. The lowest BCUT2D eigenvalue weighted by Gasteiger charge is -2.23. The van der Waals surface area contributed by atoms with Crippen LogP contribution >= 0.6 is 0 Å². The number of phenolic OH excluding ortho intramolecular Hbond substituents is 1. The van der Waals surface area contributed by atoms with E-state index in [1.54, 1.807) is 31.4 Å². The Morgan fingerprint density at radius 2 is 1.49 bits per heavy atom. The molecule has 0 saturated heterocycles. The zero-order valence-corrected chi connectivity index (χ0v) is 27.0. The molecule has 12 heteroatoms. The number of pyridine rings is 2. The van der Waals surface area contributed by atoms with E-state index in [-0.39, 0.29) is 24.1 Å². The molecule has 0 amide bonds. The van der Waals surface area contributed by atoms with Crippen LogP contribution in [0.2, 0.25) is 0 Å². The second kappa shape index (κ2) is 12.9. The maximum atomic E-state index is 13.0. The number of hydrogen-bond acceptors (Lipinski definition) is 11. The summed E-state index contributed by atoms with van der Waals surface area (Å²) in [6.07, 6.45) is 4.88. The van der Waals surface area contributed by atoms with Gasteiger partial charge in [-0.1, -0.05) is 6.07 Å². The number of aromatic hydroxyl groups is 1. The van der Waals surface area contributed by atoms with Crippen LogP contribution in [0.3, 0.4) is 0 Å². The number of fused-ring (bicyclic) bond motifs is 8. The van der Waals surface area contributed by atoms with Crippen molar-refractivity contribution < 1.29 is 33.5 Å². The first-order valence-corrected chi connectivity index (χ1v) is 15.8. The van der Waals surface area contributed by atoms with Gasteiger partial charge >= 0.3 is 0 Å². The molecule has 12 nitrogen and oxygen atoms in total. The molecule has 0 atom stereocenters. The largest absolute Gasteiger partial charge is 0.504 e. The molecular weight excluding hydrogens is 624 g/mol. The number of hydrogen-bond donors (Lipinski definition) is 5. The van der Waals surface area contributed by atoms with Crippen molar-refractivity contribution in [3.8, 4) is 23.0 Å². The first-order valence-electron chi connectivity index (χ1n) is 15.8. The number of carbonyl (C=O) groups is 2. The molecule has 0 radical (unpaired) electrons. The lowest BCUT2D eigenvalue weighted by atomic mass is 9.83. The second-order valence-corrected chi connectivity index (χ2v) is 11.6. The average Bonchev–Trinajstić information content (AvgIpc) is 3.59. The van der Waals surface area contributed by atoms with E-state index in [0.29, 0.717) is 65.6 Å². The van der Waals surface area contributed by atoms with Crippen molar-refractivity contribution >= 4 is 55.4 Å². The third-order valence-electron chi connectivity index (χ3n) is 8.74. The number of ether oxygens (including phenoxy) is 3. The van der Waals surface area contributed by atoms with Crippen molar-refractivity contribution in [2.75, 3.05) is 50.7 Å². The molecule has 0 bridgehead atoms. The molecule has 248 valence electrons. The highest BCUT2D eigenvalue weighted by Gasteiger charge is 2.34. The van der Waals surface area contributed by atoms with Gasteiger partial charge in [0.05, 0.1) is 40.0 Å². The van der Waals surface area contributed by atoms with Crippen LogP contribution in [-0.4, -0.2) is 61.7 Å². The Morgan fingerprint density at radius 3 is 2.16 bits per heavy atom. The molecule has 1 aliphatic heterocycles. The van der Waals surface area contributed by atoms with Gasteiger partial charge in [0.25, 0.3) is 0 Å². The minimum atomic E-state index is -0.219. The van der Waals surface area contributed by atoms with Gasteiger partial charge in [-0.05, 0) is 53.9 Å². The maximum Gasteiger partial charge on any atom is 0.231 e. The summed E-state index contributed by atoms with van der Waals surface area (Å²) < 4.78 is 18.3. The third kappa shape index (κ3) is 5.36. The zero-order chi connectivity index (χ0) is 34.2. The van der Waals surface area contributed by atoms with E-state index in [2.05, 4.69) is 27.8 Å². The Morgan fingerprint density at radius 1 is 0.837 bits per heavy atom. The molecule has 2 aromatic heterocycles. The quantitative estimate of drug-likeness (QED) is 0.124. The minimum absolute atomic E-state index is 0.156. The van der Waals surface area contributed by atoms with Crippen molar-refractivity contribution in [3.63, 3.8) is 0 Å². The molecule has 0 spiro atoms. The number of carbonyl (C=O) groups excluding carboxylic acids is 2. The lowest BCUT2D eigenvalue weighted by Crippen LogP contribution is -2.28. The normalized spacial score (nSPS) is 12.8. The van der Waals surface area contributed by atoms with Crippen LogP contribution in [0.5, 0.6) is 23.0 Å². The summed E-state index contributed by atoms with van der Waals surface area (Å²) in [6.45, 7) is 2.11. The predicted molar refractivity (Wildman–Crippen MR) is 187 cm³/mol. The fourth-order valence-electron chi connectivity index (χ4n) is 6.50. The standard InChI is InChI=1S/C20H15NO4.C17H19N5O2/c1-21-9-15-12(5-6-16(23-2)20(15)22)13-4-3-11-7-17-18(25-10-24-17)8-14(11)19(13)21;18-4-7-21-12-1-2-13(22-8-5-19)15-14(12)16(23)10-3-6-20-9-11(10)17(15)24/h3-9H,10H2,1-2H3;1-3,6,9,21-22H,4-5,7-8,18-19H2/p+1. The van der Waals surface area contributed by atoms with Gasteiger partial charge in [-0.3, -0.25) is 14.6 Å². The number of anilines is 2. The highest BCUT2D eigenvalue weighted by molar-refractivity contribution is 6.31. The van der Waals surface area contributed by atoms with E-state index in [9.17, 15) is 14.7 Å². The third-order valence-corrected chi connectivity index (χ3v) is 8.74. The molecule has 0 fully saturated rings. The summed E-state index contributed by atoms with van der Waals surface area (Å²) in [6, 6.07) is 17.1. The van der Waals surface area contributed by atoms with Crippen LogP contribution in [0.4, 0.5) is 11.4 Å². The van der Waals surface area contributed by atoms with E-state index >= 15 is 0 Å². The summed E-state index contributed by atoms with van der Waals surface area (Å²) in [4.78, 5) is 29.9. The van der Waals surface area contributed by atoms with Gasteiger partial charge in [-0.15, -0.1) is 0 Å². The van der Waals surface area contributed by atoms with E-state index < -0.39 is 0 Å². The number of methoxy groups -OCH3 is 1. The van der Waals surface area contributed by atoms with Gasteiger partial charge in [0.2, 0.25) is 12.3 Å². The van der Waals surface area contributed by atoms with E-state index in [0.717, 1.165) is 43.9 Å². The Labute approximate surface area is 281 Å². The van der Waals surface area contributed by atoms with Crippen LogP contribution in [0.15, 0.2) is 73.2 Å². The monoisotopic (exact) mass is 659 g/mol. The van der Waals surface area contributed by atoms with Crippen molar-refractivity contribution in [1.82, 2.24) is 4.98 Å². The number of rotatable bonds is 7. The van der Waals surface area contributed by atoms with Crippen LogP contribution in [0, 0.1) is 0 Å². The fourth-order valence-corrected chi connectivity index (χ4v) is 6.50. The first kappa shape index (κ1) is 31.6. The molecule has 6 aromatic rings. The van der Waals surface area contributed by atoms with Crippen LogP contribution in [-0.2, 0) is 7.05 Å². The predicted octanol–water partition coefficient (Wildman–Crippen LogP) is 4.01. The number of nitrogens with two attached hydrogens (primary N) is 2. The Kier molecular flexibility index (Phi) is 8.33. The number of aryl methyl sites for hydroxylation is 1. The molecule has 7 N–H and O–H groups in total. The molecule has 3 heterocycles. The SMILES string of the molecule is COc1ccc2c(c[n+](C)c3c4cc5c(cc4ccc23)OCO5)c1O.NCCNc1ccc(NCCN)c2c1C(=O)c1ccncc1C2=O. The van der Waals surface area contributed by atoms with Gasteiger partial charge in [0.15, 0.2) is 40.8 Å². The molecule has 0 unspecified atom stereocenters. The molecule has 49 heavy (non-hydrogen) atoms. The van der Waals surface area contributed by atoms with Crippen molar-refractivity contribution in [3.05, 3.63) is 95.4 Å². The van der Waals surface area contributed by atoms with Gasteiger partial charge in [-0.25, -0.2) is 0 Å². The van der Waals surface area contributed by atoms with Crippen molar-refractivity contribution in [1.29, 1.82) is 0 Å². The van der Waals surface area contributed by atoms with Crippen molar-refractivity contribution in [2.24, 2.45) is 18.5 Å². The number of nitrogens with zero attached hydrogens (tertiary/aromatic N) is 2. The van der Waals surface area contributed by atoms with E-state index in [4.69, 9.17) is 25.7 Å². The lowest BCUT2D eigenvalue weighted by molar-refractivity contribution is -0.642. The molecule has 2 aliphatic rings. The Hall–Kier alpha value is -5.98. The summed E-state index contributed by atoms with van der Waals surface area (Å²) in [5.74, 6) is 1.75. The smallest absolute Gasteiger partial charge is 0.231 e. The zero-order valence-electron chi connectivity index (χ0n) is 27.0. The number of ketones is 2. The minimum Gasteiger partial charge on any atom is -0.504 e. The number of phenols is 1. The average molecular weight is 660 g/mol. The Bertz CT molecular complexity index is 2240. The molecule has 1 aliphatic carbocycles. The topological polar surface area (TPSA) is 175 Å². The Balaban J connectivity index is 0.000000155.